The maximum Gasteiger partial charge on any atom is 0.315 e. The standard InChI is InChI=1S/C21H18F2NO5P.C5H10O.C2H6/c1-28-15-8-4-13(5-9-15)17-11-16(19(29-17)21(22,23)30)20(27)24-14-6-2-12(3-7-14)10-18(25)26;1-4-5(2)6-3;1-2/h2-9,11H,10,30H2,1H3,(H,24,27)(H,25,26);4H,1-3H3;1-2H3/b;5-4+;. The Morgan fingerprint density at radius 3 is 2.08 bits per heavy atom. The molecule has 10 heteroatoms. The summed E-state index contributed by atoms with van der Waals surface area (Å²) < 4.78 is 43.3. The molecule has 1 aromatic heterocycles. The largest absolute Gasteiger partial charge is 0.502 e. The molecule has 1 unspecified atom stereocenters. The molecular weight excluding hydrogens is 515 g/mol. The van der Waals surface area contributed by atoms with E-state index in [4.69, 9.17) is 19.0 Å². The molecule has 0 aliphatic heterocycles. The van der Waals surface area contributed by atoms with Crippen molar-refractivity contribution < 1.29 is 37.4 Å². The molecule has 3 aromatic rings. The summed E-state index contributed by atoms with van der Waals surface area (Å²) >= 11 is 0. The van der Waals surface area contributed by atoms with E-state index in [0.29, 0.717) is 22.6 Å². The molecule has 0 aliphatic rings. The molecular formula is C28H34F2NO6P. The van der Waals surface area contributed by atoms with Crippen molar-refractivity contribution in [1.29, 1.82) is 0 Å². The number of nitrogens with one attached hydrogen (secondary N) is 1. The fraction of sp³-hybridized carbons (Fsp3) is 0.286. The number of carboxylic acids is 1. The van der Waals surface area contributed by atoms with Crippen LogP contribution in [0.3, 0.4) is 0 Å². The first-order chi connectivity index (χ1) is 18.0. The lowest BCUT2D eigenvalue weighted by molar-refractivity contribution is -0.136. The average molecular weight is 550 g/mol. The number of carbonyl (C=O) groups excluding carboxylic acids is 1. The van der Waals surface area contributed by atoms with Crippen LogP contribution in [0.25, 0.3) is 11.3 Å². The lowest BCUT2D eigenvalue weighted by Gasteiger charge is -2.10. The van der Waals surface area contributed by atoms with E-state index in [2.05, 4.69) is 5.32 Å². The Morgan fingerprint density at radius 1 is 1.08 bits per heavy atom. The Balaban J connectivity index is 0.000000795. The number of methoxy groups -OCH3 is 2. The molecule has 7 nitrogen and oxygen atoms in total. The van der Waals surface area contributed by atoms with Gasteiger partial charge in [0.15, 0.2) is 5.76 Å². The Bertz CT molecular complexity index is 1200. The van der Waals surface area contributed by atoms with E-state index in [1.165, 1.54) is 46.7 Å². The number of anilines is 1. The fourth-order valence-corrected chi connectivity index (χ4v) is 3.12. The van der Waals surface area contributed by atoms with Crippen LogP contribution in [0.4, 0.5) is 14.5 Å². The number of rotatable bonds is 8. The first-order valence-electron chi connectivity index (χ1n) is 11.7. The van der Waals surface area contributed by atoms with E-state index >= 15 is 0 Å². The van der Waals surface area contributed by atoms with Gasteiger partial charge in [0.1, 0.15) is 11.5 Å². The van der Waals surface area contributed by atoms with Crippen LogP contribution >= 0.6 is 9.24 Å². The summed E-state index contributed by atoms with van der Waals surface area (Å²) in [4.78, 5) is 23.4. The first-order valence-corrected chi connectivity index (χ1v) is 12.3. The van der Waals surface area contributed by atoms with Crippen molar-refractivity contribution in [3.8, 4) is 17.1 Å². The van der Waals surface area contributed by atoms with Crippen LogP contribution < -0.4 is 10.1 Å². The van der Waals surface area contributed by atoms with E-state index < -0.39 is 23.3 Å². The van der Waals surface area contributed by atoms with Gasteiger partial charge in [0.2, 0.25) is 0 Å². The van der Waals surface area contributed by atoms with Gasteiger partial charge in [-0.15, -0.1) is 0 Å². The third-order valence-electron chi connectivity index (χ3n) is 4.95. The van der Waals surface area contributed by atoms with Crippen molar-refractivity contribution in [2.75, 3.05) is 19.5 Å². The van der Waals surface area contributed by atoms with E-state index in [9.17, 15) is 18.4 Å². The van der Waals surface area contributed by atoms with Gasteiger partial charge in [-0.05, 0) is 61.9 Å². The second kappa shape index (κ2) is 15.5. The van der Waals surface area contributed by atoms with Gasteiger partial charge in [0, 0.05) is 11.3 Å². The van der Waals surface area contributed by atoms with Crippen LogP contribution in [0.2, 0.25) is 0 Å². The van der Waals surface area contributed by atoms with Crippen LogP contribution in [-0.2, 0) is 21.6 Å². The molecule has 0 radical (unpaired) electrons. The van der Waals surface area contributed by atoms with Crippen molar-refractivity contribution in [2.24, 2.45) is 0 Å². The Morgan fingerprint density at radius 2 is 1.66 bits per heavy atom. The quantitative estimate of drug-likeness (QED) is 0.225. The van der Waals surface area contributed by atoms with E-state index in [0.717, 1.165) is 5.76 Å². The number of aliphatic carboxylic acids is 1. The summed E-state index contributed by atoms with van der Waals surface area (Å²) in [6.07, 6.45) is 1.75. The third kappa shape index (κ3) is 9.98. The number of halogens is 2. The van der Waals surface area contributed by atoms with Crippen molar-refractivity contribution in [1.82, 2.24) is 0 Å². The zero-order chi connectivity index (χ0) is 28.9. The second-order valence-corrected chi connectivity index (χ2v) is 8.26. The molecule has 0 aliphatic carbocycles. The highest BCUT2D eigenvalue weighted by atomic mass is 31.0. The van der Waals surface area contributed by atoms with Gasteiger partial charge in [-0.2, -0.15) is 8.78 Å². The number of alkyl halides is 2. The van der Waals surface area contributed by atoms with Crippen LogP contribution in [0.15, 0.2) is 70.8 Å². The number of benzene rings is 2. The molecule has 0 fully saturated rings. The maximum absolute atomic E-state index is 14.0. The van der Waals surface area contributed by atoms with Crippen molar-refractivity contribution in [3.05, 3.63) is 83.3 Å². The topological polar surface area (TPSA) is 98.0 Å². The molecule has 0 saturated carbocycles. The van der Waals surface area contributed by atoms with Gasteiger partial charge < -0.3 is 24.3 Å². The van der Waals surface area contributed by atoms with Crippen LogP contribution in [0, 0.1) is 0 Å². The summed E-state index contributed by atoms with van der Waals surface area (Å²) in [5.74, 6) is -0.874. The molecule has 1 amide bonds. The lowest BCUT2D eigenvalue weighted by atomic mass is 10.1. The summed E-state index contributed by atoms with van der Waals surface area (Å²) in [6.45, 7) is 7.86. The highest BCUT2D eigenvalue weighted by Crippen LogP contribution is 2.41. The van der Waals surface area contributed by atoms with Crippen molar-refractivity contribution in [3.63, 3.8) is 0 Å². The van der Waals surface area contributed by atoms with Crippen LogP contribution in [-0.4, -0.2) is 31.2 Å². The minimum atomic E-state index is -3.46. The molecule has 3 rings (SSSR count). The number of allylic oxidation sites excluding steroid dienone is 2. The van der Waals surface area contributed by atoms with Crippen molar-refractivity contribution in [2.45, 2.75) is 39.8 Å². The lowest BCUT2D eigenvalue weighted by Crippen LogP contribution is -2.16. The predicted molar refractivity (Wildman–Crippen MR) is 148 cm³/mol. The van der Waals surface area contributed by atoms with E-state index in [1.54, 1.807) is 31.4 Å². The molecule has 1 heterocycles. The number of furan rings is 1. The number of amides is 1. The van der Waals surface area contributed by atoms with Crippen molar-refractivity contribution >= 4 is 26.8 Å². The van der Waals surface area contributed by atoms with Gasteiger partial charge in [0.05, 0.1) is 32.0 Å². The Hall–Kier alpha value is -3.71. The SMILES string of the molecule is C/C=C(\C)OC.CC.COc1ccc(-c2cc(C(=O)Nc3ccc(CC(=O)O)cc3)c(C(F)(F)P)o2)cc1. The summed E-state index contributed by atoms with van der Waals surface area (Å²) in [7, 11) is 4.53. The minimum Gasteiger partial charge on any atom is -0.502 e. The molecule has 0 saturated heterocycles. The zero-order valence-corrected chi connectivity index (χ0v) is 23.5. The van der Waals surface area contributed by atoms with Gasteiger partial charge in [-0.25, -0.2) is 0 Å². The fourth-order valence-electron chi connectivity index (χ4n) is 2.90. The second-order valence-electron chi connectivity index (χ2n) is 7.53. The molecule has 2 N–H and O–H groups in total. The zero-order valence-electron chi connectivity index (χ0n) is 22.3. The number of carboxylic acid groups (broad SMARTS) is 1. The van der Waals surface area contributed by atoms with E-state index in [-0.39, 0.29) is 17.7 Å². The molecule has 0 spiro atoms. The first kappa shape index (κ1) is 32.3. The van der Waals surface area contributed by atoms with Gasteiger partial charge in [-0.1, -0.05) is 41.3 Å². The predicted octanol–water partition coefficient (Wildman–Crippen LogP) is 7.34. The number of carbonyl (C=O) groups is 2. The van der Waals surface area contributed by atoms with Crippen LogP contribution in [0.5, 0.6) is 5.75 Å². The Labute approximate surface area is 224 Å². The summed E-state index contributed by atoms with van der Waals surface area (Å²) in [5.41, 5.74) is -2.39. The summed E-state index contributed by atoms with van der Waals surface area (Å²) in [5, 5.41) is 11.3. The Kier molecular flexibility index (Phi) is 13.2. The maximum atomic E-state index is 14.0. The molecule has 2 aromatic carbocycles. The van der Waals surface area contributed by atoms with Crippen LogP contribution in [0.1, 0.15) is 49.4 Å². The average Bonchev–Trinajstić information content (AvgIpc) is 3.37. The number of hydrogen-bond donors (Lipinski definition) is 2. The smallest absolute Gasteiger partial charge is 0.315 e. The molecule has 1 atom stereocenters. The highest BCUT2D eigenvalue weighted by Gasteiger charge is 2.35. The third-order valence-corrected chi connectivity index (χ3v) is 5.21. The molecule has 38 heavy (non-hydrogen) atoms. The number of ether oxygens (including phenoxy) is 2. The molecule has 0 bridgehead atoms. The monoisotopic (exact) mass is 549 g/mol. The van der Waals surface area contributed by atoms with Gasteiger partial charge >= 0.3 is 11.6 Å². The minimum absolute atomic E-state index is 0.108. The summed E-state index contributed by atoms with van der Waals surface area (Å²) in [6, 6.07) is 13.9. The van der Waals surface area contributed by atoms with E-state index in [1.807, 2.05) is 33.8 Å². The molecule has 206 valence electrons. The van der Waals surface area contributed by atoms with Gasteiger partial charge in [0.25, 0.3) is 5.91 Å². The number of hydrogen-bond acceptors (Lipinski definition) is 5. The highest BCUT2D eigenvalue weighted by molar-refractivity contribution is 7.17. The van der Waals surface area contributed by atoms with Gasteiger partial charge in [-0.3, -0.25) is 9.59 Å². The normalized spacial score (nSPS) is 10.8.